The van der Waals surface area contributed by atoms with Crippen molar-refractivity contribution >= 4 is 35.0 Å². The lowest BCUT2D eigenvalue weighted by Crippen LogP contribution is -2.31. The van der Waals surface area contributed by atoms with Gasteiger partial charge in [-0.05, 0) is 12.8 Å². The van der Waals surface area contributed by atoms with E-state index in [0.717, 1.165) is 22.9 Å². The molecule has 0 bridgehead atoms. The molecule has 0 fully saturated rings. The van der Waals surface area contributed by atoms with Crippen molar-refractivity contribution in [2.75, 3.05) is 12.3 Å². The number of nitrogens with one attached hydrogen (secondary N) is 1. The molecule has 112 valence electrons. The van der Waals surface area contributed by atoms with E-state index in [1.54, 1.807) is 11.3 Å². The van der Waals surface area contributed by atoms with Crippen molar-refractivity contribution in [3.8, 4) is 0 Å². The Balaban J connectivity index is 2.18. The Morgan fingerprint density at radius 2 is 2.30 bits per heavy atom. The molecule has 1 amide bonds. The molecule has 1 heterocycles. The topological polar surface area (TPSA) is 79.3 Å². The van der Waals surface area contributed by atoms with Crippen LogP contribution in [0, 0.1) is 12.8 Å². The predicted octanol–water partition coefficient (Wildman–Crippen LogP) is 2.30. The molecule has 1 atom stereocenters. The first kappa shape index (κ1) is 17.0. The van der Waals surface area contributed by atoms with Crippen LogP contribution in [-0.4, -0.2) is 34.3 Å². The first-order valence-corrected chi connectivity index (χ1v) is 8.52. The van der Waals surface area contributed by atoms with Gasteiger partial charge in [0.25, 0.3) is 0 Å². The van der Waals surface area contributed by atoms with Gasteiger partial charge in [-0.1, -0.05) is 13.3 Å². The minimum Gasteiger partial charge on any atom is -0.481 e. The maximum absolute atomic E-state index is 11.6. The monoisotopic (exact) mass is 316 g/mol. The molecule has 20 heavy (non-hydrogen) atoms. The summed E-state index contributed by atoms with van der Waals surface area (Å²) in [6.07, 6.45) is 0.847. The van der Waals surface area contributed by atoms with Crippen molar-refractivity contribution < 1.29 is 14.7 Å². The molecule has 1 unspecified atom stereocenters. The molecule has 2 N–H and O–H groups in total. The Hall–Kier alpha value is -1.08. The third-order valence-electron chi connectivity index (χ3n) is 2.78. The third-order valence-corrected chi connectivity index (χ3v) is 4.57. The molecule has 1 aromatic rings. The summed E-state index contributed by atoms with van der Waals surface area (Å²) < 4.78 is 0. The van der Waals surface area contributed by atoms with Gasteiger partial charge >= 0.3 is 5.97 Å². The van der Waals surface area contributed by atoms with Crippen molar-refractivity contribution in [1.82, 2.24) is 10.3 Å². The van der Waals surface area contributed by atoms with Crippen molar-refractivity contribution in [2.45, 2.75) is 32.4 Å². The van der Waals surface area contributed by atoms with Gasteiger partial charge in [-0.25, -0.2) is 4.98 Å². The number of aryl methyl sites for hydroxylation is 1. The SMILES string of the molecule is CCC(CNC(=O)CSCc1csc(C)n1)CC(=O)O. The van der Waals surface area contributed by atoms with Crippen LogP contribution in [-0.2, 0) is 15.3 Å². The Kier molecular flexibility index (Phi) is 7.61. The lowest BCUT2D eigenvalue weighted by Gasteiger charge is -2.13. The molecule has 0 radical (unpaired) electrons. The average molecular weight is 316 g/mol. The number of hydrogen-bond acceptors (Lipinski definition) is 5. The number of carbonyl (C=O) groups is 2. The number of carboxylic acid groups (broad SMARTS) is 1. The third kappa shape index (κ3) is 6.91. The summed E-state index contributed by atoms with van der Waals surface area (Å²) in [6, 6.07) is 0. The number of hydrogen-bond donors (Lipinski definition) is 2. The molecule has 1 rings (SSSR count). The highest BCUT2D eigenvalue weighted by Crippen LogP contribution is 2.15. The molecule has 0 aliphatic rings. The quantitative estimate of drug-likeness (QED) is 0.731. The summed E-state index contributed by atoms with van der Waals surface area (Å²) in [4.78, 5) is 26.6. The lowest BCUT2D eigenvalue weighted by molar-refractivity contribution is -0.138. The van der Waals surface area contributed by atoms with Crippen LogP contribution in [0.25, 0.3) is 0 Å². The van der Waals surface area contributed by atoms with Gasteiger partial charge in [-0.3, -0.25) is 9.59 Å². The number of aliphatic carboxylic acids is 1. The van der Waals surface area contributed by atoms with Crippen LogP contribution in [0.1, 0.15) is 30.5 Å². The number of nitrogens with zero attached hydrogens (tertiary/aromatic N) is 1. The van der Waals surface area contributed by atoms with Crippen molar-refractivity contribution in [3.05, 3.63) is 16.1 Å². The molecule has 7 heteroatoms. The summed E-state index contributed by atoms with van der Waals surface area (Å²) in [5, 5.41) is 14.5. The summed E-state index contributed by atoms with van der Waals surface area (Å²) in [5.41, 5.74) is 1.00. The fraction of sp³-hybridized carbons (Fsp3) is 0.615. The van der Waals surface area contributed by atoms with Crippen LogP contribution in [0.4, 0.5) is 0 Å². The summed E-state index contributed by atoms with van der Waals surface area (Å²) in [6.45, 7) is 4.32. The average Bonchev–Trinajstić information content (AvgIpc) is 2.80. The Labute approximate surface area is 127 Å². The van der Waals surface area contributed by atoms with Crippen LogP contribution in [0.5, 0.6) is 0 Å². The highest BCUT2D eigenvalue weighted by molar-refractivity contribution is 7.99. The van der Waals surface area contributed by atoms with Crippen LogP contribution < -0.4 is 5.32 Å². The number of carbonyl (C=O) groups excluding carboxylic acids is 1. The highest BCUT2D eigenvalue weighted by atomic mass is 32.2. The minimum absolute atomic E-state index is 0.00244. The molecule has 0 saturated heterocycles. The van der Waals surface area contributed by atoms with E-state index in [2.05, 4.69) is 10.3 Å². The number of thiazole rings is 1. The number of thioether (sulfide) groups is 1. The second kappa shape index (κ2) is 8.97. The molecule has 1 aromatic heterocycles. The first-order chi connectivity index (χ1) is 9.51. The number of carboxylic acids is 1. The zero-order chi connectivity index (χ0) is 15.0. The maximum atomic E-state index is 11.6. The molecule has 0 saturated carbocycles. The van der Waals surface area contributed by atoms with Crippen molar-refractivity contribution in [1.29, 1.82) is 0 Å². The first-order valence-electron chi connectivity index (χ1n) is 6.48. The summed E-state index contributed by atoms with van der Waals surface area (Å²) >= 11 is 3.12. The number of amides is 1. The van der Waals surface area contributed by atoms with Gasteiger partial charge in [0, 0.05) is 24.1 Å². The van der Waals surface area contributed by atoms with E-state index in [0.29, 0.717) is 12.3 Å². The normalized spacial score (nSPS) is 12.1. The second-order valence-electron chi connectivity index (χ2n) is 4.53. The van der Waals surface area contributed by atoms with Gasteiger partial charge in [-0.15, -0.1) is 23.1 Å². The standard InChI is InChI=1S/C13H20N2O3S2/c1-3-10(4-13(17)18)5-14-12(16)8-19-6-11-7-20-9(2)15-11/h7,10H,3-6,8H2,1-2H3,(H,14,16)(H,17,18). The largest absolute Gasteiger partial charge is 0.481 e. The molecule has 5 nitrogen and oxygen atoms in total. The van der Waals surface area contributed by atoms with Crippen LogP contribution in [0.2, 0.25) is 0 Å². The van der Waals surface area contributed by atoms with Crippen LogP contribution >= 0.6 is 23.1 Å². The zero-order valence-corrected chi connectivity index (χ0v) is 13.4. The number of rotatable bonds is 9. The van der Waals surface area contributed by atoms with Gasteiger partial charge in [0.1, 0.15) is 0 Å². The molecular formula is C13H20N2O3S2. The van der Waals surface area contributed by atoms with E-state index < -0.39 is 5.97 Å². The van der Waals surface area contributed by atoms with Crippen LogP contribution in [0.15, 0.2) is 5.38 Å². The molecule has 0 aromatic carbocycles. The molecule has 0 aliphatic heterocycles. The Morgan fingerprint density at radius 3 is 2.85 bits per heavy atom. The summed E-state index contributed by atoms with van der Waals surface area (Å²) in [5.74, 6) is 0.234. The van der Waals surface area contributed by atoms with E-state index in [4.69, 9.17) is 5.11 Å². The fourth-order valence-electron chi connectivity index (χ4n) is 1.64. The van der Waals surface area contributed by atoms with E-state index in [-0.39, 0.29) is 18.2 Å². The van der Waals surface area contributed by atoms with Gasteiger partial charge < -0.3 is 10.4 Å². The predicted molar refractivity (Wildman–Crippen MR) is 82.1 cm³/mol. The summed E-state index contributed by atoms with van der Waals surface area (Å²) in [7, 11) is 0. The Morgan fingerprint density at radius 1 is 1.55 bits per heavy atom. The minimum atomic E-state index is -0.820. The van der Waals surface area contributed by atoms with E-state index in [9.17, 15) is 9.59 Å². The Bertz CT molecular complexity index is 449. The fourth-order valence-corrected chi connectivity index (χ4v) is 3.10. The lowest BCUT2D eigenvalue weighted by atomic mass is 10.0. The van der Waals surface area contributed by atoms with Gasteiger partial charge in [0.05, 0.1) is 16.5 Å². The zero-order valence-electron chi connectivity index (χ0n) is 11.7. The highest BCUT2D eigenvalue weighted by Gasteiger charge is 2.12. The van der Waals surface area contributed by atoms with Gasteiger partial charge in [0.2, 0.25) is 5.91 Å². The van der Waals surface area contributed by atoms with Gasteiger partial charge in [0.15, 0.2) is 0 Å². The van der Waals surface area contributed by atoms with Crippen molar-refractivity contribution in [3.63, 3.8) is 0 Å². The maximum Gasteiger partial charge on any atom is 0.303 e. The molecular weight excluding hydrogens is 296 g/mol. The molecule has 0 aliphatic carbocycles. The smallest absolute Gasteiger partial charge is 0.303 e. The number of aromatic nitrogens is 1. The second-order valence-corrected chi connectivity index (χ2v) is 6.57. The van der Waals surface area contributed by atoms with E-state index >= 15 is 0 Å². The van der Waals surface area contributed by atoms with E-state index in [1.807, 2.05) is 19.2 Å². The van der Waals surface area contributed by atoms with Crippen molar-refractivity contribution in [2.24, 2.45) is 5.92 Å². The molecule has 0 spiro atoms. The van der Waals surface area contributed by atoms with Crippen LogP contribution in [0.3, 0.4) is 0 Å². The van der Waals surface area contributed by atoms with E-state index in [1.165, 1.54) is 11.8 Å². The van der Waals surface area contributed by atoms with Gasteiger partial charge in [-0.2, -0.15) is 0 Å².